The van der Waals surface area contributed by atoms with Crippen LogP contribution >= 0.6 is 0 Å². The number of sulfonamides is 1. The molecule has 1 aliphatic rings. The third-order valence-corrected chi connectivity index (χ3v) is 6.71. The molecule has 1 aromatic carbocycles. The molecule has 0 unspecified atom stereocenters. The highest BCUT2D eigenvalue weighted by atomic mass is 32.2. The summed E-state index contributed by atoms with van der Waals surface area (Å²) in [7, 11) is -3.71. The molecule has 0 bridgehead atoms. The van der Waals surface area contributed by atoms with Crippen molar-refractivity contribution in [2.45, 2.75) is 44.2 Å². The van der Waals surface area contributed by atoms with Gasteiger partial charge in [0.25, 0.3) is 15.9 Å². The Morgan fingerprint density at radius 2 is 1.83 bits per heavy atom. The minimum atomic E-state index is -3.71. The van der Waals surface area contributed by atoms with Crippen LogP contribution in [0.5, 0.6) is 0 Å². The van der Waals surface area contributed by atoms with E-state index in [-0.39, 0.29) is 16.8 Å². The molecule has 8 heteroatoms. The molecule has 1 amide bonds. The minimum Gasteiger partial charge on any atom is -0.438 e. The van der Waals surface area contributed by atoms with Crippen LogP contribution in [0.25, 0.3) is 0 Å². The van der Waals surface area contributed by atoms with E-state index >= 15 is 0 Å². The fourth-order valence-electron chi connectivity index (χ4n) is 3.39. The van der Waals surface area contributed by atoms with Gasteiger partial charge in [-0.25, -0.2) is 8.42 Å². The summed E-state index contributed by atoms with van der Waals surface area (Å²) in [5, 5.41) is 8.73. The second-order valence-corrected chi connectivity index (χ2v) is 8.99. The van der Waals surface area contributed by atoms with Gasteiger partial charge < -0.3 is 9.32 Å². The maximum Gasteiger partial charge on any atom is 0.289 e. The van der Waals surface area contributed by atoms with Crippen molar-refractivity contribution < 1.29 is 17.6 Å². The number of hydrogen-bond acceptors (Lipinski definition) is 5. The number of hydrogen-bond donors (Lipinski definition) is 0. The lowest BCUT2D eigenvalue weighted by atomic mass is 10.1. The van der Waals surface area contributed by atoms with Crippen LogP contribution < -0.4 is 0 Å². The number of rotatable bonds is 7. The lowest BCUT2D eigenvalue weighted by Crippen LogP contribution is -2.35. The maximum absolute atomic E-state index is 13.0. The van der Waals surface area contributed by atoms with Crippen molar-refractivity contribution in [2.24, 2.45) is 0 Å². The molecule has 0 atom stereocenters. The van der Waals surface area contributed by atoms with Gasteiger partial charge in [-0.3, -0.25) is 4.79 Å². The van der Waals surface area contributed by atoms with Gasteiger partial charge in [0.1, 0.15) is 0 Å². The monoisotopic (exact) mass is 415 g/mol. The molecule has 0 radical (unpaired) electrons. The van der Waals surface area contributed by atoms with Crippen molar-refractivity contribution in [1.82, 2.24) is 9.21 Å². The molecule has 1 fully saturated rings. The van der Waals surface area contributed by atoms with E-state index in [4.69, 9.17) is 9.68 Å². The molecule has 0 saturated carbocycles. The van der Waals surface area contributed by atoms with Crippen LogP contribution in [0, 0.1) is 11.3 Å². The van der Waals surface area contributed by atoms with E-state index in [1.54, 1.807) is 17.0 Å². The minimum absolute atomic E-state index is 0.0164. The van der Waals surface area contributed by atoms with Crippen molar-refractivity contribution in [1.29, 1.82) is 5.26 Å². The molecule has 2 aromatic rings. The molecule has 2 heterocycles. The van der Waals surface area contributed by atoms with Crippen LogP contribution in [0.15, 0.2) is 45.9 Å². The molecular formula is C21H25N3O4S. The van der Waals surface area contributed by atoms with Gasteiger partial charge in [0.05, 0.1) is 11.6 Å². The molecule has 3 rings (SSSR count). The zero-order chi connectivity index (χ0) is 20.9. The normalized spacial score (nSPS) is 15.0. The molecule has 1 saturated heterocycles. The first-order valence-corrected chi connectivity index (χ1v) is 11.3. The quantitative estimate of drug-likeness (QED) is 0.691. The topological polar surface area (TPSA) is 94.6 Å². The summed E-state index contributed by atoms with van der Waals surface area (Å²) in [4.78, 5) is 14.6. The Hall–Kier alpha value is -2.63. The number of carbonyl (C=O) groups excluding carboxylic acids is 1. The zero-order valence-electron chi connectivity index (χ0n) is 16.5. The van der Waals surface area contributed by atoms with E-state index in [1.165, 1.54) is 16.4 Å². The summed E-state index contributed by atoms with van der Waals surface area (Å²) in [6.45, 7) is 3.79. The van der Waals surface area contributed by atoms with Gasteiger partial charge in [0, 0.05) is 26.2 Å². The number of nitriles is 1. The van der Waals surface area contributed by atoms with Crippen LogP contribution in [0.4, 0.5) is 0 Å². The van der Waals surface area contributed by atoms with E-state index in [0.29, 0.717) is 31.7 Å². The smallest absolute Gasteiger partial charge is 0.289 e. The van der Waals surface area contributed by atoms with E-state index in [9.17, 15) is 13.2 Å². The molecule has 29 heavy (non-hydrogen) atoms. The van der Waals surface area contributed by atoms with Crippen LogP contribution in [0.1, 0.15) is 54.3 Å². The van der Waals surface area contributed by atoms with E-state index < -0.39 is 10.0 Å². The maximum atomic E-state index is 13.0. The highest BCUT2D eigenvalue weighted by Gasteiger charge is 2.30. The highest BCUT2D eigenvalue weighted by molar-refractivity contribution is 7.89. The number of amides is 1. The number of furan rings is 1. The second kappa shape index (κ2) is 9.25. The van der Waals surface area contributed by atoms with E-state index in [2.05, 4.69) is 6.07 Å². The first-order valence-electron chi connectivity index (χ1n) is 9.84. The summed E-state index contributed by atoms with van der Waals surface area (Å²) in [5.74, 6) is -0.334. The predicted octanol–water partition coefficient (Wildman–Crippen LogP) is 3.38. The lowest BCUT2D eigenvalue weighted by molar-refractivity contribution is 0.0705. The van der Waals surface area contributed by atoms with Crippen LogP contribution in [0.2, 0.25) is 0 Å². The molecule has 0 aliphatic carbocycles. The Morgan fingerprint density at radius 1 is 1.14 bits per heavy atom. The summed E-state index contributed by atoms with van der Waals surface area (Å²) in [5.41, 5.74) is 1.44. The summed E-state index contributed by atoms with van der Waals surface area (Å²) >= 11 is 0. The van der Waals surface area contributed by atoms with E-state index in [1.807, 2.05) is 19.1 Å². The molecule has 1 aliphatic heterocycles. The third-order valence-electron chi connectivity index (χ3n) is 4.94. The Balaban J connectivity index is 1.77. The standard InChI is InChI=1S/C21H25N3O4S/c1-2-12-23(16-18-8-6-17(15-22)7-9-18)21(25)19-10-11-20(28-19)29(26,27)24-13-4-3-5-14-24/h6-11H,2-5,12-14,16H2,1H3. The summed E-state index contributed by atoms with van der Waals surface area (Å²) in [6, 6.07) is 11.9. The average molecular weight is 416 g/mol. The van der Waals surface area contributed by atoms with Gasteiger partial charge in [-0.2, -0.15) is 9.57 Å². The van der Waals surface area contributed by atoms with Crippen molar-refractivity contribution in [3.8, 4) is 6.07 Å². The van der Waals surface area contributed by atoms with Crippen molar-refractivity contribution >= 4 is 15.9 Å². The van der Waals surface area contributed by atoms with Gasteiger partial charge in [-0.1, -0.05) is 25.5 Å². The zero-order valence-corrected chi connectivity index (χ0v) is 17.3. The van der Waals surface area contributed by atoms with Crippen LogP contribution in [0.3, 0.4) is 0 Å². The fourth-order valence-corrected chi connectivity index (χ4v) is 4.82. The summed E-state index contributed by atoms with van der Waals surface area (Å²) < 4.78 is 32.4. The van der Waals surface area contributed by atoms with Gasteiger partial charge in [0.2, 0.25) is 5.09 Å². The highest BCUT2D eigenvalue weighted by Crippen LogP contribution is 2.23. The SMILES string of the molecule is CCCN(Cc1ccc(C#N)cc1)C(=O)c1ccc(S(=O)(=O)N2CCCCC2)o1. The third kappa shape index (κ3) is 4.86. The molecular weight excluding hydrogens is 390 g/mol. The number of carbonyl (C=O) groups is 1. The summed E-state index contributed by atoms with van der Waals surface area (Å²) in [6.07, 6.45) is 3.44. The average Bonchev–Trinajstić information content (AvgIpc) is 3.25. The Labute approximate surface area is 171 Å². The van der Waals surface area contributed by atoms with Gasteiger partial charge in [-0.15, -0.1) is 0 Å². The molecule has 1 aromatic heterocycles. The second-order valence-electron chi connectivity index (χ2n) is 7.12. The van der Waals surface area contributed by atoms with E-state index in [0.717, 1.165) is 31.2 Å². The number of piperidine rings is 1. The van der Waals surface area contributed by atoms with Crippen molar-refractivity contribution in [3.05, 3.63) is 53.3 Å². The Kier molecular flexibility index (Phi) is 6.72. The first-order chi connectivity index (χ1) is 14.0. The van der Waals surface area contributed by atoms with Crippen LogP contribution in [-0.2, 0) is 16.6 Å². The first kappa shape index (κ1) is 21.1. The lowest BCUT2D eigenvalue weighted by Gasteiger charge is -2.24. The van der Waals surface area contributed by atoms with Gasteiger partial charge >= 0.3 is 0 Å². The Bertz CT molecular complexity index is 984. The van der Waals surface area contributed by atoms with Gasteiger partial charge in [-0.05, 0) is 49.1 Å². The number of benzene rings is 1. The fraction of sp³-hybridized carbons (Fsp3) is 0.429. The number of nitrogens with zero attached hydrogens (tertiary/aromatic N) is 3. The van der Waals surface area contributed by atoms with Crippen LogP contribution in [-0.4, -0.2) is 43.2 Å². The van der Waals surface area contributed by atoms with Gasteiger partial charge in [0.15, 0.2) is 5.76 Å². The predicted molar refractivity (Wildman–Crippen MR) is 108 cm³/mol. The molecule has 154 valence electrons. The molecule has 0 N–H and O–H groups in total. The van der Waals surface area contributed by atoms with Crippen molar-refractivity contribution in [2.75, 3.05) is 19.6 Å². The van der Waals surface area contributed by atoms with Crippen molar-refractivity contribution in [3.63, 3.8) is 0 Å². The molecule has 7 nitrogen and oxygen atoms in total. The molecule has 0 spiro atoms. The Morgan fingerprint density at radius 3 is 2.45 bits per heavy atom. The largest absolute Gasteiger partial charge is 0.438 e.